The number of nitrogens with one attached hydrogen (secondary N) is 2. The van der Waals surface area contributed by atoms with E-state index < -0.39 is 0 Å². The summed E-state index contributed by atoms with van der Waals surface area (Å²) in [6, 6.07) is 0.737. The van der Waals surface area contributed by atoms with Gasteiger partial charge in [-0.3, -0.25) is 0 Å². The molecule has 3 nitrogen and oxygen atoms in total. The monoisotopic (exact) mass is 290 g/mol. The molecule has 0 aromatic carbocycles. The maximum absolute atomic E-state index is 11.3. The zero-order valence-electron chi connectivity index (χ0n) is 11.6. The van der Waals surface area contributed by atoms with Gasteiger partial charge in [0.05, 0.1) is 12.1 Å². The summed E-state index contributed by atoms with van der Waals surface area (Å²) in [6.07, 6.45) is 18.1. The second-order valence-electron chi connectivity index (χ2n) is 5.68. The Kier molecular flexibility index (Phi) is 4.51. The fourth-order valence-electron chi connectivity index (χ4n) is 3.08. The summed E-state index contributed by atoms with van der Waals surface area (Å²) in [5, 5.41) is 6.65. The predicted molar refractivity (Wildman–Crippen MR) is 84.9 cm³/mol. The van der Waals surface area contributed by atoms with E-state index in [-0.39, 0.29) is 6.03 Å². The highest BCUT2D eigenvalue weighted by atomic mass is 32.2. The third-order valence-electron chi connectivity index (χ3n) is 4.18. The highest BCUT2D eigenvalue weighted by molar-refractivity contribution is 8.00. The van der Waals surface area contributed by atoms with Gasteiger partial charge < -0.3 is 10.6 Å². The highest BCUT2D eigenvalue weighted by Gasteiger charge is 2.42. The smallest absolute Gasteiger partial charge is 0.315 e. The normalized spacial score (nSPS) is 32.0. The fraction of sp³-hybridized carbons (Fsp3) is 0.562. The highest BCUT2D eigenvalue weighted by Crippen LogP contribution is 2.33. The van der Waals surface area contributed by atoms with Crippen LogP contribution in [-0.4, -0.2) is 29.1 Å². The van der Waals surface area contributed by atoms with Gasteiger partial charge in [-0.15, -0.1) is 0 Å². The number of fused-ring (bicyclic) bond motifs is 1. The van der Waals surface area contributed by atoms with Crippen molar-refractivity contribution in [3.8, 4) is 0 Å². The Morgan fingerprint density at radius 2 is 2.10 bits per heavy atom. The molecule has 2 N–H and O–H groups in total. The summed E-state index contributed by atoms with van der Waals surface area (Å²) in [7, 11) is 0. The maximum atomic E-state index is 11.3. The Morgan fingerprint density at radius 3 is 2.95 bits per heavy atom. The van der Waals surface area contributed by atoms with Gasteiger partial charge in [-0.05, 0) is 19.3 Å². The largest absolute Gasteiger partial charge is 0.332 e. The average molecular weight is 290 g/mol. The van der Waals surface area contributed by atoms with E-state index in [1.54, 1.807) is 0 Å². The second kappa shape index (κ2) is 6.53. The molecule has 0 spiro atoms. The Balaban J connectivity index is 1.31. The van der Waals surface area contributed by atoms with E-state index >= 15 is 0 Å². The van der Waals surface area contributed by atoms with Crippen LogP contribution in [0.2, 0.25) is 0 Å². The lowest BCUT2D eigenvalue weighted by atomic mass is 10.0. The Labute approximate surface area is 125 Å². The van der Waals surface area contributed by atoms with Crippen LogP contribution in [0.3, 0.4) is 0 Å². The van der Waals surface area contributed by atoms with Gasteiger partial charge in [-0.25, -0.2) is 4.79 Å². The summed E-state index contributed by atoms with van der Waals surface area (Å²) in [4.78, 5) is 11.3. The number of carbonyl (C=O) groups is 1. The Bertz CT molecular complexity index is 432. The summed E-state index contributed by atoms with van der Waals surface area (Å²) in [5.41, 5.74) is 0. The zero-order valence-corrected chi connectivity index (χ0v) is 12.4. The van der Waals surface area contributed by atoms with E-state index in [4.69, 9.17) is 0 Å². The lowest BCUT2D eigenvalue weighted by molar-refractivity contribution is 0.247. The molecule has 108 valence electrons. The molecule has 0 bridgehead atoms. The molecular formula is C16H22N2OS. The first-order valence-corrected chi connectivity index (χ1v) is 8.58. The van der Waals surface area contributed by atoms with Gasteiger partial charge in [0, 0.05) is 16.9 Å². The van der Waals surface area contributed by atoms with Crippen LogP contribution in [-0.2, 0) is 0 Å². The molecule has 1 aliphatic carbocycles. The molecule has 2 heterocycles. The Morgan fingerprint density at radius 1 is 1.25 bits per heavy atom. The first-order chi connectivity index (χ1) is 9.83. The van der Waals surface area contributed by atoms with Crippen molar-refractivity contribution >= 4 is 17.8 Å². The minimum Gasteiger partial charge on any atom is -0.332 e. The lowest BCUT2D eigenvalue weighted by Gasteiger charge is -2.16. The van der Waals surface area contributed by atoms with E-state index in [1.165, 1.54) is 19.3 Å². The number of thioether (sulfide) groups is 1. The maximum Gasteiger partial charge on any atom is 0.315 e. The van der Waals surface area contributed by atoms with Crippen molar-refractivity contribution < 1.29 is 4.79 Å². The number of rotatable bonds is 6. The zero-order chi connectivity index (χ0) is 13.8. The van der Waals surface area contributed by atoms with Crippen molar-refractivity contribution in [2.45, 2.75) is 43.0 Å². The molecule has 2 saturated heterocycles. The second-order valence-corrected chi connectivity index (χ2v) is 6.95. The molecule has 0 aromatic heterocycles. The van der Waals surface area contributed by atoms with Gasteiger partial charge in [0.15, 0.2) is 0 Å². The van der Waals surface area contributed by atoms with Crippen molar-refractivity contribution in [3.05, 3.63) is 36.5 Å². The van der Waals surface area contributed by atoms with Gasteiger partial charge in [-0.2, -0.15) is 11.8 Å². The van der Waals surface area contributed by atoms with Crippen molar-refractivity contribution in [2.24, 2.45) is 5.92 Å². The molecule has 3 rings (SSSR count). The third-order valence-corrected chi connectivity index (χ3v) is 5.69. The number of unbranched alkanes of at least 4 members (excludes halogenated alkanes) is 2. The van der Waals surface area contributed by atoms with Crippen LogP contribution >= 0.6 is 11.8 Å². The standard InChI is InChI=1S/C16H22N2OS/c19-16-17-13-11-20-14(15(13)18-16)10-4-2-1-3-7-12-8-5-6-9-12/h3,5-9,12-15H,1-2,4,10-11H2,(H2,17,18,19)/b7-3+/t13-,14-,15-/m0/s1. The van der Waals surface area contributed by atoms with Gasteiger partial charge in [0.25, 0.3) is 0 Å². The Hall–Kier alpha value is -1.16. The molecule has 2 aliphatic heterocycles. The van der Waals surface area contributed by atoms with Gasteiger partial charge in [0.2, 0.25) is 0 Å². The molecule has 0 aromatic rings. The van der Waals surface area contributed by atoms with Gasteiger partial charge >= 0.3 is 6.03 Å². The lowest BCUT2D eigenvalue weighted by Crippen LogP contribution is -2.36. The number of carbonyl (C=O) groups excluding carboxylic acids is 1. The molecule has 3 atom stereocenters. The molecule has 0 radical (unpaired) electrons. The molecule has 20 heavy (non-hydrogen) atoms. The molecule has 3 aliphatic rings. The van der Waals surface area contributed by atoms with E-state index in [2.05, 4.69) is 47.1 Å². The predicted octanol–water partition coefficient (Wildman–Crippen LogP) is 3.01. The topological polar surface area (TPSA) is 41.1 Å². The van der Waals surface area contributed by atoms with Gasteiger partial charge in [-0.1, -0.05) is 42.9 Å². The number of urea groups is 1. The van der Waals surface area contributed by atoms with Crippen LogP contribution in [0.4, 0.5) is 4.79 Å². The van der Waals surface area contributed by atoms with Crippen LogP contribution in [0.5, 0.6) is 0 Å². The SMILES string of the molecule is O=C1N[C@H]2[C@H](CS[C@H]2CCCC/C=C/C2C=CC=C2)N1. The summed E-state index contributed by atoms with van der Waals surface area (Å²) < 4.78 is 0. The van der Waals surface area contributed by atoms with Crippen molar-refractivity contribution in [1.29, 1.82) is 0 Å². The first kappa shape index (κ1) is 13.8. The number of hydrogen-bond donors (Lipinski definition) is 2. The van der Waals surface area contributed by atoms with Crippen LogP contribution in [0.25, 0.3) is 0 Å². The molecule has 2 fully saturated rings. The van der Waals surface area contributed by atoms with E-state index in [0.29, 0.717) is 23.3 Å². The third kappa shape index (κ3) is 3.29. The fourth-order valence-corrected chi connectivity index (χ4v) is 4.63. The van der Waals surface area contributed by atoms with Crippen molar-refractivity contribution in [1.82, 2.24) is 10.6 Å². The molecule has 2 amide bonds. The van der Waals surface area contributed by atoms with Crippen LogP contribution in [0.15, 0.2) is 36.5 Å². The van der Waals surface area contributed by atoms with Crippen LogP contribution < -0.4 is 10.6 Å². The van der Waals surface area contributed by atoms with Crippen molar-refractivity contribution in [2.75, 3.05) is 5.75 Å². The average Bonchev–Trinajstić information content (AvgIpc) is 3.12. The molecular weight excluding hydrogens is 268 g/mol. The minimum atomic E-state index is 0.0194. The minimum absolute atomic E-state index is 0.0194. The molecule has 0 unspecified atom stereocenters. The van der Waals surface area contributed by atoms with Gasteiger partial charge in [0.1, 0.15) is 0 Å². The van der Waals surface area contributed by atoms with E-state index in [0.717, 1.165) is 12.2 Å². The summed E-state index contributed by atoms with van der Waals surface area (Å²) >= 11 is 2.01. The summed E-state index contributed by atoms with van der Waals surface area (Å²) in [5.74, 6) is 1.58. The quantitative estimate of drug-likeness (QED) is 0.448. The van der Waals surface area contributed by atoms with Crippen LogP contribution in [0, 0.1) is 5.92 Å². The van der Waals surface area contributed by atoms with Crippen molar-refractivity contribution in [3.63, 3.8) is 0 Å². The molecule has 4 heteroatoms. The number of allylic oxidation sites excluding steroid dienone is 6. The van der Waals surface area contributed by atoms with Crippen LogP contribution in [0.1, 0.15) is 25.7 Å². The first-order valence-electron chi connectivity index (χ1n) is 7.53. The number of hydrogen-bond acceptors (Lipinski definition) is 2. The summed E-state index contributed by atoms with van der Waals surface area (Å²) in [6.45, 7) is 0. The molecule has 0 saturated carbocycles. The van der Waals surface area contributed by atoms with E-state index in [1.807, 2.05) is 11.8 Å². The van der Waals surface area contributed by atoms with E-state index in [9.17, 15) is 4.79 Å². The number of amides is 2.